The van der Waals surface area contributed by atoms with Crippen molar-refractivity contribution in [2.45, 2.75) is 24.5 Å². The van der Waals surface area contributed by atoms with E-state index in [-0.39, 0.29) is 12.2 Å². The largest absolute Gasteiger partial charge is 0.505 e. The van der Waals surface area contributed by atoms with Crippen LogP contribution in [0.3, 0.4) is 0 Å². The van der Waals surface area contributed by atoms with Gasteiger partial charge in [-0.05, 0) is 78.9 Å². The molecule has 1 aromatic heterocycles. The van der Waals surface area contributed by atoms with E-state index in [2.05, 4.69) is 46.0 Å². The molecule has 1 heterocycles. The van der Waals surface area contributed by atoms with Crippen LogP contribution in [0.25, 0.3) is 27.2 Å². The van der Waals surface area contributed by atoms with Gasteiger partial charge in [0.15, 0.2) is 11.5 Å². The van der Waals surface area contributed by atoms with Crippen molar-refractivity contribution in [2.24, 2.45) is 40.9 Å². The molecule has 41 heteroatoms. The van der Waals surface area contributed by atoms with Crippen LogP contribution in [0.5, 0.6) is 23.3 Å². The molecule has 0 bridgehead atoms. The van der Waals surface area contributed by atoms with Gasteiger partial charge in [0.05, 0.1) is 37.8 Å². The van der Waals surface area contributed by atoms with Gasteiger partial charge in [-0.2, -0.15) is 51.9 Å². The third kappa shape index (κ3) is 12.0. The minimum Gasteiger partial charge on any atom is -0.505 e. The molecule has 0 spiro atoms. The van der Waals surface area contributed by atoms with Crippen LogP contribution in [-0.2, 0) is 55.4 Å². The number of nitro benzene ring substituents is 1. The molecular weight excluding hydrogens is 1230 g/mol. The van der Waals surface area contributed by atoms with E-state index in [4.69, 9.17) is 10.5 Å². The van der Waals surface area contributed by atoms with Crippen molar-refractivity contribution in [2.75, 3.05) is 5.73 Å². The van der Waals surface area contributed by atoms with E-state index >= 15 is 0 Å². The Morgan fingerprint density at radius 1 is 0.571 bits per heavy atom. The Labute approximate surface area is 466 Å². The number of carbonyl (C=O) groups excluding carboxylic acids is 1. The highest BCUT2D eigenvalue weighted by atomic mass is 32.2. The van der Waals surface area contributed by atoms with E-state index in [0.717, 1.165) is 78.9 Å². The van der Waals surface area contributed by atoms with E-state index in [9.17, 15) is 105 Å². The van der Waals surface area contributed by atoms with Crippen molar-refractivity contribution in [3.63, 3.8) is 0 Å². The smallest absolute Gasteiger partial charge is 0.338 e. The van der Waals surface area contributed by atoms with Gasteiger partial charge in [-0.3, -0.25) is 37.7 Å². The lowest BCUT2D eigenvalue weighted by Crippen LogP contribution is -2.03. The lowest BCUT2D eigenvalue weighted by molar-refractivity contribution is -0.385. The molecule has 0 aliphatic heterocycles. The summed E-state index contributed by atoms with van der Waals surface area (Å²) < 4.78 is 180. The Bertz CT molecular complexity index is 4920. The number of hydrogen-bond acceptors (Lipinski definition) is 28. The Balaban J connectivity index is 1.18. The Hall–Kier alpha value is -10.2. The number of phenols is 2. The summed E-state index contributed by atoms with van der Waals surface area (Å²) in [5, 5.41) is 85.5. The van der Waals surface area contributed by atoms with Crippen LogP contribution in [0.15, 0.2) is 162 Å². The number of rotatable bonds is 18. The predicted molar refractivity (Wildman–Crippen MR) is 280 cm³/mol. The third-order valence-corrected chi connectivity index (χ3v) is 15.7. The Morgan fingerprint density at radius 2 is 1.13 bits per heavy atom. The zero-order chi connectivity index (χ0) is 61.8. The molecule has 0 radical (unpaired) electrons. The molecule has 8 rings (SSSR count). The monoisotopic (exact) mass is 1260 g/mol. The number of carboxylic acids is 1. The highest BCUT2D eigenvalue weighted by Crippen LogP contribution is 2.49. The van der Waals surface area contributed by atoms with Crippen molar-refractivity contribution in [3.8, 4) is 28.9 Å². The molecule has 0 fully saturated rings. The first-order valence-corrected chi connectivity index (χ1v) is 28.9. The number of nitro groups is 1. The quantitative estimate of drug-likeness (QED) is 0.00973. The molecule has 11 N–H and O–H groups in total. The van der Waals surface area contributed by atoms with Gasteiger partial charge in [0.1, 0.15) is 53.7 Å². The molecule has 0 saturated carbocycles. The maximum Gasteiger partial charge on any atom is 0.338 e. The zero-order valence-corrected chi connectivity index (χ0v) is 44.6. The first-order chi connectivity index (χ1) is 39.1. The predicted octanol–water partition coefficient (Wildman–Crippen LogP) is 7.91. The van der Waals surface area contributed by atoms with Gasteiger partial charge in [-0.15, -0.1) is 40.9 Å². The number of non-ortho nitro benzene ring substituents is 1. The van der Waals surface area contributed by atoms with Crippen LogP contribution in [0, 0.1) is 10.1 Å². The number of carboxylic acid groups (broad SMARTS) is 1. The molecule has 0 aliphatic carbocycles. The summed E-state index contributed by atoms with van der Waals surface area (Å²) in [4.78, 5) is 28.4. The summed E-state index contributed by atoms with van der Waals surface area (Å²) in [6.07, 6.45) is 0. The Morgan fingerprint density at radius 3 is 1.73 bits per heavy atom. The van der Waals surface area contributed by atoms with Gasteiger partial charge in [0.2, 0.25) is 11.6 Å². The van der Waals surface area contributed by atoms with Gasteiger partial charge in [0.25, 0.3) is 68.6 Å². The molecule has 434 valence electrons. The van der Waals surface area contributed by atoms with E-state index in [1.165, 1.54) is 0 Å². The fourth-order valence-corrected chi connectivity index (χ4v) is 10.9. The number of benzene rings is 7. The van der Waals surface area contributed by atoms with Crippen molar-refractivity contribution in [1.29, 1.82) is 0 Å². The first kappa shape index (κ1) is 59.9. The van der Waals surface area contributed by atoms with E-state index < -0.39 is 193 Å². The van der Waals surface area contributed by atoms with Gasteiger partial charge >= 0.3 is 5.97 Å². The van der Waals surface area contributed by atoms with E-state index in [1.54, 1.807) is 0 Å². The number of anilines is 1. The topological polar surface area (TPSA) is 582 Å². The number of carbonyl (C=O) groups is 2. The summed E-state index contributed by atoms with van der Waals surface area (Å²) >= 11 is 0. The minimum absolute atomic E-state index is 0.0656. The fraction of sp³-hybridized carbons (Fsp3) is 0. The van der Waals surface area contributed by atoms with Gasteiger partial charge in [-0.1, -0.05) is 6.07 Å². The van der Waals surface area contributed by atoms with Gasteiger partial charge in [-0.25, -0.2) is 4.79 Å². The molecular formula is C43H28N12O24S5. The van der Waals surface area contributed by atoms with Crippen LogP contribution < -0.4 is 10.5 Å². The molecule has 84 heavy (non-hydrogen) atoms. The number of nitrogens with zero attached hydrogens (tertiary/aromatic N) is 11. The third-order valence-electron chi connectivity index (χ3n) is 11.3. The summed E-state index contributed by atoms with van der Waals surface area (Å²) in [6, 6.07) is 13.0. The SMILES string of the molecule is Nc1c(N=Nc2ccc3c(O)c(N=Nc4ccc(N=Nc5c(OC=O)nn(-c6ccc(S(=O)(=O)O)cc6)c5O)c(C(=O)O)c4)c(S(=O)(=O)O)cc3c2S(=O)(=O)O)cc(S(=O)(=O)O)c2ccc(N=Nc3ccc([N+](=O)[O-])cc3S(=O)(=O)O)c(O)c12. The molecule has 0 aliphatic rings. The average Bonchev–Trinajstić information content (AvgIpc) is 1.77. The van der Waals surface area contributed by atoms with Crippen LogP contribution in [0.2, 0.25) is 0 Å². The van der Waals surface area contributed by atoms with Crippen molar-refractivity contribution in [3.05, 3.63) is 113 Å². The van der Waals surface area contributed by atoms with Crippen LogP contribution in [-0.4, -0.2) is 112 Å². The zero-order valence-electron chi connectivity index (χ0n) is 40.5. The maximum absolute atomic E-state index is 13.1. The van der Waals surface area contributed by atoms with Crippen LogP contribution in [0.1, 0.15) is 10.4 Å². The molecule has 0 atom stereocenters. The number of ether oxygens (including phenoxy) is 1. The lowest BCUT2D eigenvalue weighted by Gasteiger charge is -2.13. The van der Waals surface area contributed by atoms with Crippen LogP contribution in [0.4, 0.5) is 56.9 Å². The highest BCUT2D eigenvalue weighted by Gasteiger charge is 2.30. The number of nitrogen functional groups attached to an aromatic ring is 1. The second kappa shape index (κ2) is 21.9. The van der Waals surface area contributed by atoms with Crippen molar-refractivity contribution < 1.29 is 105 Å². The van der Waals surface area contributed by atoms with E-state index in [0.29, 0.717) is 22.9 Å². The molecule has 8 aromatic rings. The number of nitrogens with two attached hydrogens (primary N) is 1. The van der Waals surface area contributed by atoms with Crippen LogP contribution >= 0.6 is 0 Å². The first-order valence-electron chi connectivity index (χ1n) is 21.7. The van der Waals surface area contributed by atoms with Crippen molar-refractivity contribution in [1.82, 2.24) is 9.78 Å². The van der Waals surface area contributed by atoms with Gasteiger partial charge < -0.3 is 30.9 Å². The molecule has 0 amide bonds. The number of aromatic hydroxyl groups is 3. The fourth-order valence-electron chi connectivity index (χ4n) is 7.58. The van der Waals surface area contributed by atoms with Crippen molar-refractivity contribution >= 4 is 141 Å². The number of hydrogen-bond donors (Lipinski definition) is 10. The number of phenolic OH excluding ortho intramolecular Hbond substituents is 2. The number of fused-ring (bicyclic) bond motifs is 2. The lowest BCUT2D eigenvalue weighted by atomic mass is 10.1. The number of aromatic nitrogens is 2. The highest BCUT2D eigenvalue weighted by molar-refractivity contribution is 7.87. The standard InChI is InChI=1S/C43H28N12O24S5/c44-35-30(16-31(81(67,68)69)23-8-11-28(39(58)34(23)35)48-47-27-10-4-20(55(62)63)14-32(27)82(70,71)72)50-49-29-12-7-22-24(40(29)84(76,77)78)15-33(83(73,74)75)36(38(22)57)51-45-18-1-9-26(25(13-18)43(60)61)46-52-37-41(79-17-56)53-54(42(37)59)19-2-5-21(6-3-19)80(64,65)66/h1-17,57-59H,44H2,(H,60,61)(H,64,65,66)(H,67,68,69)(H,70,71,72)(H,73,74,75)(H,76,77,78). The average molecular weight is 1260 g/mol. The minimum atomic E-state index is -5.66. The van der Waals surface area contributed by atoms with E-state index in [1.807, 2.05) is 0 Å². The second-order valence-electron chi connectivity index (χ2n) is 16.4. The second-order valence-corrected chi connectivity index (χ2v) is 23.4. The summed E-state index contributed by atoms with van der Waals surface area (Å²) in [5.74, 6) is -5.63. The number of azo groups is 4. The summed E-state index contributed by atoms with van der Waals surface area (Å²) in [5.41, 5.74) is -1.87. The molecule has 0 saturated heterocycles. The summed E-state index contributed by atoms with van der Waals surface area (Å²) in [7, 11) is -26.4. The summed E-state index contributed by atoms with van der Waals surface area (Å²) in [6.45, 7) is -0.121. The molecule has 7 aromatic carbocycles. The molecule has 0 unspecified atom stereocenters. The Kier molecular flexibility index (Phi) is 15.6. The number of aromatic carboxylic acids is 1. The molecule has 36 nitrogen and oxygen atoms in total. The van der Waals surface area contributed by atoms with Gasteiger partial charge in [0, 0.05) is 28.3 Å². The normalized spacial score (nSPS) is 12.8. The maximum atomic E-state index is 13.1.